The number of hydrogen-bond donors (Lipinski definition) is 1. The van der Waals surface area contributed by atoms with Gasteiger partial charge in [-0.25, -0.2) is 4.99 Å². The summed E-state index contributed by atoms with van der Waals surface area (Å²) in [6, 6.07) is 10.6. The van der Waals surface area contributed by atoms with Crippen LogP contribution in [0.15, 0.2) is 50.8 Å². The van der Waals surface area contributed by atoms with Crippen molar-refractivity contribution in [3.63, 3.8) is 0 Å². The van der Waals surface area contributed by atoms with E-state index in [-0.39, 0.29) is 12.5 Å². The van der Waals surface area contributed by atoms with E-state index in [1.165, 1.54) is 11.8 Å². The Morgan fingerprint density at radius 1 is 1.32 bits per heavy atom. The first kappa shape index (κ1) is 20.3. The van der Waals surface area contributed by atoms with Crippen LogP contribution in [0.5, 0.6) is 11.5 Å². The van der Waals surface area contributed by atoms with Gasteiger partial charge in [-0.05, 0) is 54.2 Å². The summed E-state index contributed by atoms with van der Waals surface area (Å²) < 4.78 is 11.7. The van der Waals surface area contributed by atoms with Crippen molar-refractivity contribution in [3.05, 3.63) is 56.4 Å². The molecule has 1 fully saturated rings. The summed E-state index contributed by atoms with van der Waals surface area (Å²) in [5.74, 6) is 3.32. The molecular weight excluding hydrogens is 464 g/mol. The third kappa shape index (κ3) is 4.90. The molecule has 1 saturated heterocycles. The number of aliphatic imine (C=N–C) groups is 1. The number of nitrogens with zero attached hydrogens (tertiary/aromatic N) is 1. The van der Waals surface area contributed by atoms with E-state index < -0.39 is 0 Å². The van der Waals surface area contributed by atoms with Gasteiger partial charge in [-0.1, -0.05) is 33.5 Å². The molecule has 0 spiro atoms. The van der Waals surface area contributed by atoms with E-state index in [0.717, 1.165) is 10.0 Å². The molecular formula is C20H14BrClN2O3S. The predicted molar refractivity (Wildman–Crippen MR) is 117 cm³/mol. The predicted octanol–water partition coefficient (Wildman–Crippen LogP) is 5.01. The summed E-state index contributed by atoms with van der Waals surface area (Å²) in [6.07, 6.45) is 6.99. The second-order valence-corrected chi connectivity index (χ2v) is 7.86. The van der Waals surface area contributed by atoms with E-state index in [0.29, 0.717) is 32.3 Å². The number of ether oxygens (including phenoxy) is 2. The fraction of sp³-hybridized carbons (Fsp3) is 0.100. The second-order valence-electron chi connectivity index (χ2n) is 5.47. The van der Waals surface area contributed by atoms with Crippen LogP contribution in [0, 0.1) is 12.3 Å². The molecule has 2 aromatic rings. The van der Waals surface area contributed by atoms with Gasteiger partial charge in [0.25, 0.3) is 5.91 Å². The number of methoxy groups -OCH3 is 1. The molecule has 0 aromatic heterocycles. The Bertz CT molecular complexity index is 1030. The number of hydrogen-bond acceptors (Lipinski definition) is 5. The van der Waals surface area contributed by atoms with Crippen LogP contribution in [0.25, 0.3) is 6.08 Å². The molecule has 8 heteroatoms. The maximum Gasteiger partial charge on any atom is 0.264 e. The molecule has 1 heterocycles. The first-order valence-corrected chi connectivity index (χ1v) is 9.98. The first-order chi connectivity index (χ1) is 13.5. The van der Waals surface area contributed by atoms with Crippen molar-refractivity contribution in [1.82, 2.24) is 5.32 Å². The molecule has 1 aliphatic heterocycles. The van der Waals surface area contributed by atoms with E-state index in [1.807, 2.05) is 12.1 Å². The number of terminal acetylenes is 1. The molecule has 0 bridgehead atoms. The zero-order chi connectivity index (χ0) is 20.1. The number of carbonyl (C=O) groups excluding carboxylic acids is 1. The van der Waals surface area contributed by atoms with Gasteiger partial charge in [0.1, 0.15) is 23.8 Å². The molecule has 0 saturated carbocycles. The van der Waals surface area contributed by atoms with Crippen molar-refractivity contribution >= 4 is 62.1 Å². The van der Waals surface area contributed by atoms with Crippen LogP contribution in [0.2, 0.25) is 5.02 Å². The van der Waals surface area contributed by atoms with Crippen LogP contribution in [-0.4, -0.2) is 24.8 Å². The van der Waals surface area contributed by atoms with Gasteiger partial charge in [-0.2, -0.15) is 0 Å². The second kappa shape index (κ2) is 9.20. The number of carbonyl (C=O) groups is 1. The van der Waals surface area contributed by atoms with E-state index in [9.17, 15) is 4.79 Å². The quantitative estimate of drug-likeness (QED) is 0.485. The fourth-order valence-electron chi connectivity index (χ4n) is 2.36. The Hall–Kier alpha value is -2.40. The largest absolute Gasteiger partial charge is 0.494 e. The van der Waals surface area contributed by atoms with Gasteiger partial charge in [0.15, 0.2) is 5.17 Å². The normalized spacial score (nSPS) is 16.1. The number of thioether (sulfide) groups is 1. The maximum atomic E-state index is 12.4. The lowest BCUT2D eigenvalue weighted by Crippen LogP contribution is -2.19. The highest BCUT2D eigenvalue weighted by molar-refractivity contribution is 9.10. The monoisotopic (exact) mass is 476 g/mol. The minimum Gasteiger partial charge on any atom is -0.494 e. The molecule has 3 rings (SSSR count). The molecule has 28 heavy (non-hydrogen) atoms. The smallest absolute Gasteiger partial charge is 0.264 e. The third-order valence-corrected chi connectivity index (χ3v) is 5.22. The molecule has 0 atom stereocenters. The van der Waals surface area contributed by atoms with Crippen molar-refractivity contribution in [2.24, 2.45) is 4.99 Å². The Balaban J connectivity index is 1.91. The number of nitrogens with one attached hydrogen (secondary N) is 1. The number of amides is 1. The molecule has 0 unspecified atom stereocenters. The summed E-state index contributed by atoms with van der Waals surface area (Å²) in [5.41, 5.74) is 1.25. The maximum absolute atomic E-state index is 12.4. The lowest BCUT2D eigenvalue weighted by Gasteiger charge is -2.07. The SMILES string of the molecule is C#CCOc1ccc(Br)cc1/C=C1\SC(=Nc2cc(Cl)ccc2OC)NC1=O. The van der Waals surface area contributed by atoms with Crippen molar-refractivity contribution in [2.75, 3.05) is 13.7 Å². The highest BCUT2D eigenvalue weighted by Gasteiger charge is 2.25. The minimum atomic E-state index is -0.257. The lowest BCUT2D eigenvalue weighted by molar-refractivity contribution is -0.115. The number of rotatable bonds is 5. The van der Waals surface area contributed by atoms with Crippen molar-refractivity contribution < 1.29 is 14.3 Å². The van der Waals surface area contributed by atoms with Gasteiger partial charge in [0.2, 0.25) is 0 Å². The van der Waals surface area contributed by atoms with E-state index in [2.05, 4.69) is 32.2 Å². The zero-order valence-electron chi connectivity index (χ0n) is 14.7. The molecule has 5 nitrogen and oxygen atoms in total. The van der Waals surface area contributed by atoms with E-state index >= 15 is 0 Å². The van der Waals surface area contributed by atoms with Crippen molar-refractivity contribution in [3.8, 4) is 23.8 Å². The molecule has 0 aliphatic carbocycles. The molecule has 1 N–H and O–H groups in total. The number of halogens is 2. The van der Waals surface area contributed by atoms with Gasteiger partial charge in [0.05, 0.1) is 12.0 Å². The molecule has 0 radical (unpaired) electrons. The highest BCUT2D eigenvalue weighted by atomic mass is 79.9. The van der Waals surface area contributed by atoms with Gasteiger partial charge < -0.3 is 14.8 Å². The summed E-state index contributed by atoms with van der Waals surface area (Å²) in [6.45, 7) is 0.137. The van der Waals surface area contributed by atoms with Crippen LogP contribution in [0.1, 0.15) is 5.56 Å². The van der Waals surface area contributed by atoms with Crippen LogP contribution < -0.4 is 14.8 Å². The lowest BCUT2D eigenvalue weighted by atomic mass is 10.2. The van der Waals surface area contributed by atoms with Crippen LogP contribution in [0.3, 0.4) is 0 Å². The minimum absolute atomic E-state index is 0.137. The van der Waals surface area contributed by atoms with Crippen LogP contribution in [0.4, 0.5) is 5.69 Å². The Labute approximate surface area is 180 Å². The van der Waals surface area contributed by atoms with E-state index in [1.54, 1.807) is 37.5 Å². The summed E-state index contributed by atoms with van der Waals surface area (Å²) in [4.78, 5) is 17.3. The van der Waals surface area contributed by atoms with Gasteiger partial charge in [-0.15, -0.1) is 6.42 Å². The van der Waals surface area contributed by atoms with Crippen LogP contribution in [-0.2, 0) is 4.79 Å². The molecule has 1 aliphatic rings. The Kier molecular flexibility index (Phi) is 6.68. The summed E-state index contributed by atoms with van der Waals surface area (Å²) in [5, 5.41) is 3.69. The van der Waals surface area contributed by atoms with Crippen molar-refractivity contribution in [1.29, 1.82) is 0 Å². The molecule has 1 amide bonds. The Morgan fingerprint density at radius 2 is 2.11 bits per heavy atom. The average Bonchev–Trinajstić information content (AvgIpc) is 3.00. The standard InChI is InChI=1S/C20H14BrClN2O3S/c1-3-8-27-16-6-4-13(21)9-12(16)10-18-19(25)24-20(28-18)23-15-11-14(22)5-7-17(15)26-2/h1,4-7,9-11H,8H2,2H3,(H,23,24,25)/b18-10-. The Morgan fingerprint density at radius 3 is 2.86 bits per heavy atom. The zero-order valence-corrected chi connectivity index (χ0v) is 17.8. The van der Waals surface area contributed by atoms with E-state index in [4.69, 9.17) is 27.5 Å². The van der Waals surface area contributed by atoms with Crippen LogP contribution >= 0.6 is 39.3 Å². The first-order valence-electron chi connectivity index (χ1n) is 7.99. The topological polar surface area (TPSA) is 59.9 Å². The fourth-order valence-corrected chi connectivity index (χ4v) is 3.74. The average molecular weight is 478 g/mol. The number of benzene rings is 2. The van der Waals surface area contributed by atoms with Gasteiger partial charge in [-0.3, -0.25) is 4.79 Å². The summed E-state index contributed by atoms with van der Waals surface area (Å²) >= 11 is 10.7. The van der Waals surface area contributed by atoms with Gasteiger partial charge >= 0.3 is 0 Å². The molecule has 142 valence electrons. The number of amidine groups is 1. The third-order valence-electron chi connectivity index (χ3n) is 3.58. The summed E-state index contributed by atoms with van der Waals surface area (Å²) in [7, 11) is 1.55. The molecule has 2 aromatic carbocycles. The van der Waals surface area contributed by atoms with Crippen molar-refractivity contribution in [2.45, 2.75) is 0 Å². The highest BCUT2D eigenvalue weighted by Crippen LogP contribution is 2.35. The van der Waals surface area contributed by atoms with Gasteiger partial charge in [0, 0.05) is 15.1 Å².